The molecule has 1 amide bonds. The Hall–Kier alpha value is -3.87. The van der Waals surface area contributed by atoms with Gasteiger partial charge in [-0.1, -0.05) is 54.6 Å². The van der Waals surface area contributed by atoms with Gasteiger partial charge >= 0.3 is 5.97 Å². The van der Waals surface area contributed by atoms with Crippen molar-refractivity contribution in [3.63, 3.8) is 0 Å². The predicted molar refractivity (Wildman–Crippen MR) is 148 cm³/mol. The molecule has 4 aromatic rings. The van der Waals surface area contributed by atoms with Crippen LogP contribution in [0.25, 0.3) is 21.8 Å². The van der Waals surface area contributed by atoms with E-state index in [1.807, 2.05) is 0 Å². The average Bonchev–Trinajstić information content (AvgIpc) is 2.90. The molecule has 3 aromatic carbocycles. The maximum atomic E-state index is 14.2. The highest BCUT2D eigenvalue weighted by Crippen LogP contribution is 2.28. The number of aromatic nitrogens is 1. The van der Waals surface area contributed by atoms with Crippen LogP contribution >= 0.6 is 0 Å². The van der Waals surface area contributed by atoms with Crippen LogP contribution in [0.4, 0.5) is 0 Å². The molecule has 0 saturated heterocycles. The lowest BCUT2D eigenvalue weighted by molar-refractivity contribution is -0.645. The number of aryl methyl sites for hydroxylation is 1. The molecule has 0 saturated carbocycles. The molecule has 0 radical (unpaired) electrons. The van der Waals surface area contributed by atoms with Crippen LogP contribution < -0.4 is 4.57 Å². The highest BCUT2D eigenvalue weighted by atomic mass is 32.2. The molecule has 0 aliphatic heterocycles. The molecule has 1 heterocycles. The predicted octanol–water partition coefficient (Wildman–Crippen LogP) is 3.05. The molecule has 0 aliphatic rings. The van der Waals surface area contributed by atoms with Gasteiger partial charge in [0.15, 0.2) is 6.54 Å². The van der Waals surface area contributed by atoms with Crippen molar-refractivity contribution in [3.8, 4) is 0 Å². The van der Waals surface area contributed by atoms with Crippen LogP contribution in [0.2, 0.25) is 0 Å². The summed E-state index contributed by atoms with van der Waals surface area (Å²) in [5.74, 6) is -2.90. The average molecular weight is 585 g/mol. The zero-order valence-corrected chi connectivity index (χ0v) is 23.1. The lowest BCUT2D eigenvalue weighted by atomic mass is 10.0. The topological polar surface area (TPSA) is 153 Å². The number of benzene rings is 3. The van der Waals surface area contributed by atoms with Crippen molar-refractivity contribution in [2.24, 2.45) is 0 Å². The van der Waals surface area contributed by atoms with Gasteiger partial charge in [-0.2, -0.15) is 4.57 Å². The number of hydrogen-bond donors (Lipinski definition) is 1. The number of rotatable bonds is 12. The molecule has 0 fully saturated rings. The standard InChI is InChI=1S/C28H28N2O8S2/c31-26(32)16-8-18-30(39(34,35)20-21-10-2-1-3-11-21)28(33)27-22-12-4-6-14-24(22)29(17-9-19-40(36,37)38)25-15-7-5-13-23(25)27/h1-7,10-15H,8-9,16-20H2,(H-,31,32,36,37,38). The number of carboxylic acid groups (broad SMARTS) is 1. The summed E-state index contributed by atoms with van der Waals surface area (Å²) in [5, 5.41) is 10.0. The van der Waals surface area contributed by atoms with E-state index in [9.17, 15) is 31.0 Å². The van der Waals surface area contributed by atoms with Crippen LogP contribution in [0.15, 0.2) is 78.9 Å². The Morgan fingerprint density at radius 1 is 0.800 bits per heavy atom. The quantitative estimate of drug-likeness (QED) is 0.151. The molecule has 4 rings (SSSR count). The number of hydrogen-bond acceptors (Lipinski definition) is 7. The van der Waals surface area contributed by atoms with Crippen molar-refractivity contribution in [1.82, 2.24) is 4.31 Å². The zero-order valence-electron chi connectivity index (χ0n) is 21.5. The number of carboxylic acids is 1. The van der Waals surface area contributed by atoms with E-state index in [2.05, 4.69) is 0 Å². The molecule has 0 unspecified atom stereocenters. The lowest BCUT2D eigenvalue weighted by Gasteiger charge is -2.24. The molecule has 12 heteroatoms. The van der Waals surface area contributed by atoms with Gasteiger partial charge in [0.05, 0.1) is 32.2 Å². The molecule has 40 heavy (non-hydrogen) atoms. The molecule has 1 aromatic heterocycles. The molecular formula is C28H28N2O8S2. The summed E-state index contributed by atoms with van der Waals surface area (Å²) < 4.78 is 63.5. The SMILES string of the molecule is O=C(O)CCCN(C(=O)c1c2ccccc2[n+](CCCS(=O)(=O)[O-])c2ccccc12)S(=O)(=O)Cc1ccccc1. The van der Waals surface area contributed by atoms with Crippen LogP contribution in [0.5, 0.6) is 0 Å². The zero-order chi connectivity index (χ0) is 28.9. The van der Waals surface area contributed by atoms with Crippen LogP contribution in [0, 0.1) is 0 Å². The third-order valence-corrected chi connectivity index (χ3v) is 8.93. The van der Waals surface area contributed by atoms with E-state index in [0.29, 0.717) is 27.4 Å². The second-order valence-corrected chi connectivity index (χ2v) is 12.7. The molecule has 10 nitrogen and oxygen atoms in total. The van der Waals surface area contributed by atoms with E-state index < -0.39 is 43.5 Å². The van der Waals surface area contributed by atoms with Crippen LogP contribution in [-0.2, 0) is 37.2 Å². The number of para-hydroxylation sites is 2. The smallest absolute Gasteiger partial charge is 0.303 e. The third kappa shape index (κ3) is 6.82. The second-order valence-electron chi connectivity index (χ2n) is 9.29. The maximum Gasteiger partial charge on any atom is 0.303 e. The highest BCUT2D eigenvalue weighted by Gasteiger charge is 2.33. The van der Waals surface area contributed by atoms with Crippen LogP contribution in [-0.4, -0.2) is 55.0 Å². The minimum absolute atomic E-state index is 0.0462. The van der Waals surface area contributed by atoms with Crippen molar-refractivity contribution in [1.29, 1.82) is 0 Å². The van der Waals surface area contributed by atoms with Gasteiger partial charge in [0.25, 0.3) is 5.91 Å². The monoisotopic (exact) mass is 584 g/mol. The van der Waals surface area contributed by atoms with E-state index in [1.165, 1.54) is 0 Å². The highest BCUT2D eigenvalue weighted by molar-refractivity contribution is 7.88. The van der Waals surface area contributed by atoms with Crippen LogP contribution in [0.1, 0.15) is 35.2 Å². The Kier molecular flexibility index (Phi) is 8.82. The van der Waals surface area contributed by atoms with E-state index in [4.69, 9.17) is 5.11 Å². The number of aliphatic carboxylic acids is 1. The Morgan fingerprint density at radius 3 is 1.90 bits per heavy atom. The first-order chi connectivity index (χ1) is 19.0. The second kappa shape index (κ2) is 12.1. The van der Waals surface area contributed by atoms with E-state index in [-0.39, 0.29) is 37.9 Å². The van der Waals surface area contributed by atoms with Crippen molar-refractivity contribution < 1.29 is 40.7 Å². The van der Waals surface area contributed by atoms with Gasteiger partial charge < -0.3 is 9.66 Å². The maximum absolute atomic E-state index is 14.2. The lowest BCUT2D eigenvalue weighted by Crippen LogP contribution is -2.41. The van der Waals surface area contributed by atoms with Crippen molar-refractivity contribution in [3.05, 3.63) is 90.0 Å². The summed E-state index contributed by atoms with van der Waals surface area (Å²) in [6.07, 6.45) is -0.338. The Balaban J connectivity index is 1.86. The summed E-state index contributed by atoms with van der Waals surface area (Å²) in [5.41, 5.74) is 1.72. The van der Waals surface area contributed by atoms with Crippen molar-refractivity contribution >= 4 is 53.8 Å². The van der Waals surface area contributed by atoms with E-state index in [0.717, 1.165) is 4.31 Å². The molecule has 210 valence electrons. The van der Waals surface area contributed by atoms with Gasteiger partial charge in [0.2, 0.25) is 21.1 Å². The summed E-state index contributed by atoms with van der Waals surface area (Å²) in [7, 11) is -8.64. The van der Waals surface area contributed by atoms with E-state index >= 15 is 0 Å². The Morgan fingerprint density at radius 2 is 1.35 bits per heavy atom. The molecule has 0 atom stereocenters. The Bertz CT molecular complexity index is 1720. The van der Waals surface area contributed by atoms with Crippen molar-refractivity contribution in [2.75, 3.05) is 12.3 Å². The Labute approximate surface area is 232 Å². The number of sulfonamides is 1. The first kappa shape index (κ1) is 29.1. The minimum atomic E-state index is -4.42. The third-order valence-electron chi connectivity index (χ3n) is 6.42. The van der Waals surface area contributed by atoms with Gasteiger partial charge in [-0.05, 0) is 24.1 Å². The fraction of sp³-hybridized carbons (Fsp3) is 0.250. The summed E-state index contributed by atoms with van der Waals surface area (Å²) >= 11 is 0. The number of carbonyl (C=O) groups excluding carboxylic acids is 1. The summed E-state index contributed by atoms with van der Waals surface area (Å²) in [4.78, 5) is 25.4. The number of pyridine rings is 1. The number of carbonyl (C=O) groups is 2. The molecule has 0 bridgehead atoms. The number of fused-ring (bicyclic) bond motifs is 2. The first-order valence-corrected chi connectivity index (χ1v) is 15.7. The largest absolute Gasteiger partial charge is 0.748 e. The molecule has 1 N–H and O–H groups in total. The van der Waals surface area contributed by atoms with Gasteiger partial charge in [-0.25, -0.2) is 21.1 Å². The molecule has 0 spiro atoms. The van der Waals surface area contributed by atoms with E-state index in [1.54, 1.807) is 83.4 Å². The van der Waals surface area contributed by atoms with Gasteiger partial charge in [-0.15, -0.1) is 0 Å². The van der Waals surface area contributed by atoms with Gasteiger partial charge in [-0.3, -0.25) is 9.59 Å². The summed E-state index contributed by atoms with van der Waals surface area (Å²) in [6.45, 7) is -0.148. The molecule has 0 aliphatic carbocycles. The minimum Gasteiger partial charge on any atom is -0.748 e. The summed E-state index contributed by atoms with van der Waals surface area (Å²) in [6, 6.07) is 22.1. The number of amides is 1. The fourth-order valence-electron chi connectivity index (χ4n) is 4.71. The normalized spacial score (nSPS) is 12.0. The first-order valence-electron chi connectivity index (χ1n) is 12.6. The van der Waals surface area contributed by atoms with Gasteiger partial charge in [0, 0.05) is 37.3 Å². The molecular weight excluding hydrogens is 556 g/mol. The van der Waals surface area contributed by atoms with Gasteiger partial charge in [0.1, 0.15) is 0 Å². The van der Waals surface area contributed by atoms with Crippen LogP contribution in [0.3, 0.4) is 0 Å². The fourth-order valence-corrected chi connectivity index (χ4v) is 6.72. The van der Waals surface area contributed by atoms with Crippen molar-refractivity contribution in [2.45, 2.75) is 31.6 Å². The number of nitrogens with zero attached hydrogens (tertiary/aromatic N) is 2.